The summed E-state index contributed by atoms with van der Waals surface area (Å²) >= 11 is 0. The number of amides is 1. The van der Waals surface area contributed by atoms with Crippen LogP contribution in [0.1, 0.15) is 33.9 Å². The molecule has 1 aliphatic heterocycles. The van der Waals surface area contributed by atoms with Crippen LogP contribution < -0.4 is 10.3 Å². The average Bonchev–Trinajstić information content (AvgIpc) is 3.37. The van der Waals surface area contributed by atoms with Crippen LogP contribution in [-0.2, 0) is 9.53 Å². The summed E-state index contributed by atoms with van der Waals surface area (Å²) in [5.41, 5.74) is 1.79. The molecule has 8 nitrogen and oxygen atoms in total. The number of pyridine rings is 1. The number of hydrazone groups is 1. The van der Waals surface area contributed by atoms with E-state index in [1.165, 1.54) is 23.3 Å². The maximum Gasteiger partial charge on any atom is 0.344 e. The Balaban J connectivity index is 1.42. The van der Waals surface area contributed by atoms with E-state index in [0.29, 0.717) is 12.2 Å². The summed E-state index contributed by atoms with van der Waals surface area (Å²) in [5.74, 6) is -0.663. The van der Waals surface area contributed by atoms with Gasteiger partial charge in [-0.25, -0.2) is 9.80 Å². The van der Waals surface area contributed by atoms with Crippen molar-refractivity contribution in [2.24, 2.45) is 5.10 Å². The van der Waals surface area contributed by atoms with Gasteiger partial charge in [-0.15, -0.1) is 0 Å². The summed E-state index contributed by atoms with van der Waals surface area (Å²) in [6.07, 6.45) is 1.90. The number of nitrogens with one attached hydrogen (secondary N) is 1. The molecular formula is C28H23N3O5. The summed E-state index contributed by atoms with van der Waals surface area (Å²) in [7, 11) is 1.59. The minimum atomic E-state index is -0.871. The van der Waals surface area contributed by atoms with Crippen LogP contribution in [0.5, 0.6) is 5.75 Å². The van der Waals surface area contributed by atoms with Gasteiger partial charge in [-0.05, 0) is 52.2 Å². The van der Waals surface area contributed by atoms with Gasteiger partial charge in [-0.1, -0.05) is 48.5 Å². The molecule has 1 aliphatic rings. The molecule has 1 unspecified atom stereocenters. The number of carbonyl (C=O) groups excluding carboxylic acids is 2. The Morgan fingerprint density at radius 3 is 2.53 bits per heavy atom. The van der Waals surface area contributed by atoms with Gasteiger partial charge in [-0.3, -0.25) is 9.59 Å². The molecule has 8 heteroatoms. The molecule has 3 aromatic carbocycles. The summed E-state index contributed by atoms with van der Waals surface area (Å²) in [6.45, 7) is -0.547. The largest absolute Gasteiger partial charge is 0.497 e. The Morgan fingerprint density at radius 2 is 1.78 bits per heavy atom. The second-order valence-corrected chi connectivity index (χ2v) is 8.33. The highest BCUT2D eigenvalue weighted by atomic mass is 16.5. The lowest BCUT2D eigenvalue weighted by atomic mass is 9.97. The smallest absolute Gasteiger partial charge is 0.344 e. The molecule has 4 aromatic rings. The number of aromatic nitrogens is 1. The number of ether oxygens (including phenoxy) is 2. The Bertz CT molecular complexity index is 1520. The van der Waals surface area contributed by atoms with E-state index in [0.717, 1.165) is 27.6 Å². The summed E-state index contributed by atoms with van der Waals surface area (Å²) < 4.78 is 10.4. The number of methoxy groups -OCH3 is 1. The fourth-order valence-corrected chi connectivity index (χ4v) is 4.22. The predicted octanol–water partition coefficient (Wildman–Crippen LogP) is 4.07. The molecule has 1 atom stereocenters. The number of aromatic amines is 1. The van der Waals surface area contributed by atoms with Crippen molar-refractivity contribution in [1.82, 2.24) is 9.99 Å². The minimum absolute atomic E-state index is 0.168. The number of fused-ring (bicyclic) bond motifs is 1. The van der Waals surface area contributed by atoms with Gasteiger partial charge >= 0.3 is 5.97 Å². The van der Waals surface area contributed by atoms with Gasteiger partial charge in [0.1, 0.15) is 11.3 Å². The van der Waals surface area contributed by atoms with Crippen LogP contribution in [-0.4, -0.2) is 41.3 Å². The number of rotatable bonds is 6. The molecule has 1 aromatic heterocycles. The van der Waals surface area contributed by atoms with Crippen LogP contribution in [0.2, 0.25) is 0 Å². The van der Waals surface area contributed by atoms with Gasteiger partial charge in [0.25, 0.3) is 11.5 Å². The molecule has 5 rings (SSSR count). The van der Waals surface area contributed by atoms with Crippen molar-refractivity contribution >= 4 is 28.4 Å². The molecule has 0 saturated carbocycles. The minimum Gasteiger partial charge on any atom is -0.497 e. The van der Waals surface area contributed by atoms with E-state index in [-0.39, 0.29) is 11.6 Å². The zero-order valence-electron chi connectivity index (χ0n) is 19.5. The Morgan fingerprint density at radius 1 is 1.00 bits per heavy atom. The lowest BCUT2D eigenvalue weighted by molar-refractivity contribution is -0.136. The number of esters is 1. The van der Waals surface area contributed by atoms with Gasteiger partial charge in [0.05, 0.1) is 18.9 Å². The molecule has 0 radical (unpaired) electrons. The number of nitrogens with zero attached hydrogens (tertiary/aromatic N) is 2. The third-order valence-electron chi connectivity index (χ3n) is 6.11. The van der Waals surface area contributed by atoms with Crippen molar-refractivity contribution in [2.45, 2.75) is 12.5 Å². The Hall–Kier alpha value is -4.72. The highest BCUT2D eigenvalue weighted by Gasteiger charge is 2.33. The molecule has 1 amide bonds. The van der Waals surface area contributed by atoms with Crippen LogP contribution in [0.3, 0.4) is 0 Å². The molecule has 0 fully saturated rings. The topological polar surface area (TPSA) is 101 Å². The molecule has 0 aliphatic carbocycles. The van der Waals surface area contributed by atoms with Crippen LogP contribution in [0.15, 0.2) is 95.0 Å². The molecule has 1 N–H and O–H groups in total. The fourth-order valence-electron chi connectivity index (χ4n) is 4.22. The van der Waals surface area contributed by atoms with Crippen molar-refractivity contribution in [3.8, 4) is 5.75 Å². The molecular weight excluding hydrogens is 458 g/mol. The highest BCUT2D eigenvalue weighted by Crippen LogP contribution is 2.34. The first-order valence-corrected chi connectivity index (χ1v) is 11.4. The number of hydrogen-bond acceptors (Lipinski definition) is 6. The normalized spacial score (nSPS) is 15.0. The standard InChI is InChI=1S/C28H23N3O5/c1-35-22-12-10-19(11-13-22)25-16-24(21-9-8-18-5-2-3-6-20(18)15-21)30-31(25)26(32)17-36-28(34)23-7-4-14-29-27(23)33/h2-15,25H,16-17H2,1H3,(H,29,33). The van der Waals surface area contributed by atoms with Gasteiger partial charge in [0, 0.05) is 12.6 Å². The lowest BCUT2D eigenvalue weighted by Gasteiger charge is -2.22. The molecule has 0 spiro atoms. The average molecular weight is 482 g/mol. The van der Waals surface area contributed by atoms with Crippen LogP contribution >= 0.6 is 0 Å². The zero-order chi connectivity index (χ0) is 25.1. The van der Waals surface area contributed by atoms with Gasteiger partial charge < -0.3 is 14.5 Å². The summed E-state index contributed by atoms with van der Waals surface area (Å²) in [6, 6.07) is 24.0. The van der Waals surface area contributed by atoms with Crippen LogP contribution in [0.4, 0.5) is 0 Å². The monoisotopic (exact) mass is 481 g/mol. The van der Waals surface area contributed by atoms with E-state index in [2.05, 4.69) is 16.2 Å². The molecule has 36 heavy (non-hydrogen) atoms. The summed E-state index contributed by atoms with van der Waals surface area (Å²) in [4.78, 5) is 39.8. The van der Waals surface area contributed by atoms with Crippen molar-refractivity contribution in [1.29, 1.82) is 0 Å². The maximum absolute atomic E-state index is 13.2. The number of hydrogen-bond donors (Lipinski definition) is 1. The number of H-pyrrole nitrogens is 1. The predicted molar refractivity (Wildman–Crippen MR) is 135 cm³/mol. The highest BCUT2D eigenvalue weighted by molar-refractivity contribution is 6.05. The van der Waals surface area contributed by atoms with E-state index in [9.17, 15) is 14.4 Å². The second-order valence-electron chi connectivity index (χ2n) is 8.33. The maximum atomic E-state index is 13.2. The number of benzene rings is 3. The van der Waals surface area contributed by atoms with E-state index in [4.69, 9.17) is 9.47 Å². The first-order valence-electron chi connectivity index (χ1n) is 11.4. The second kappa shape index (κ2) is 9.87. The van der Waals surface area contributed by atoms with Crippen LogP contribution in [0, 0.1) is 0 Å². The van der Waals surface area contributed by atoms with Gasteiger partial charge in [0.15, 0.2) is 6.61 Å². The van der Waals surface area contributed by atoms with E-state index >= 15 is 0 Å². The quantitative estimate of drug-likeness (QED) is 0.419. The van der Waals surface area contributed by atoms with E-state index in [1.54, 1.807) is 7.11 Å². The SMILES string of the molecule is COc1ccc(C2CC(c3ccc4ccccc4c3)=NN2C(=O)COC(=O)c2ccc[nH]c2=O)cc1. The number of carbonyl (C=O) groups is 2. The summed E-state index contributed by atoms with van der Waals surface area (Å²) in [5, 5.41) is 8.19. The first-order chi connectivity index (χ1) is 17.5. The lowest BCUT2D eigenvalue weighted by Crippen LogP contribution is -2.32. The van der Waals surface area contributed by atoms with Crippen molar-refractivity contribution in [3.63, 3.8) is 0 Å². The van der Waals surface area contributed by atoms with Crippen molar-refractivity contribution < 1.29 is 19.1 Å². The van der Waals surface area contributed by atoms with Gasteiger partial charge in [0.2, 0.25) is 0 Å². The zero-order valence-corrected chi connectivity index (χ0v) is 19.5. The first kappa shape index (κ1) is 23.0. The molecule has 180 valence electrons. The fraction of sp³-hybridized carbons (Fsp3) is 0.143. The Labute approximate surface area is 206 Å². The van der Waals surface area contributed by atoms with Crippen LogP contribution in [0.25, 0.3) is 10.8 Å². The van der Waals surface area contributed by atoms with Crippen molar-refractivity contribution in [2.75, 3.05) is 13.7 Å². The third-order valence-corrected chi connectivity index (χ3v) is 6.11. The molecule has 0 bridgehead atoms. The van der Waals surface area contributed by atoms with E-state index in [1.807, 2.05) is 60.7 Å². The Kier molecular flexibility index (Phi) is 6.32. The van der Waals surface area contributed by atoms with Gasteiger partial charge in [-0.2, -0.15) is 5.10 Å². The molecule has 0 saturated heterocycles. The van der Waals surface area contributed by atoms with E-state index < -0.39 is 24.0 Å². The molecule has 2 heterocycles. The third kappa shape index (κ3) is 4.61. The van der Waals surface area contributed by atoms with Crippen molar-refractivity contribution in [3.05, 3.63) is 112 Å².